The van der Waals surface area contributed by atoms with Crippen molar-refractivity contribution in [3.05, 3.63) is 29.9 Å². The van der Waals surface area contributed by atoms with E-state index in [0.29, 0.717) is 5.75 Å². The molecule has 0 saturated carbocycles. The number of thiol groups is 1. The van der Waals surface area contributed by atoms with E-state index >= 15 is 0 Å². The Balaban J connectivity index is 2.78. The number of carbonyl (C=O) groups excluding carboxylic acids is 1. The lowest BCUT2D eigenvalue weighted by Gasteiger charge is -1.96. The Hall–Kier alpha value is -1.36. The van der Waals surface area contributed by atoms with Crippen LogP contribution < -0.4 is 0 Å². The van der Waals surface area contributed by atoms with Crippen molar-refractivity contribution in [3.63, 3.8) is 0 Å². The van der Waals surface area contributed by atoms with Crippen LogP contribution in [0.15, 0.2) is 18.5 Å². The van der Waals surface area contributed by atoms with Crippen LogP contribution in [0.2, 0.25) is 0 Å². The number of hydrogen-bond acceptors (Lipinski definition) is 5. The highest BCUT2D eigenvalue weighted by Gasteiger charge is 2.06. The van der Waals surface area contributed by atoms with Gasteiger partial charge in [-0.05, 0) is 0 Å². The average molecular weight is 210 g/mol. The fourth-order valence-corrected chi connectivity index (χ4v) is 0.915. The van der Waals surface area contributed by atoms with Gasteiger partial charge in [-0.3, -0.25) is 0 Å². The van der Waals surface area contributed by atoms with Crippen LogP contribution in [-0.4, -0.2) is 28.8 Å². The van der Waals surface area contributed by atoms with Gasteiger partial charge in [0.2, 0.25) is 5.82 Å². The Bertz CT molecular complexity index is 335. The first kappa shape index (κ1) is 10.7. The zero-order chi connectivity index (χ0) is 10.4. The molecule has 1 aromatic heterocycles. The number of aromatic nitrogens is 2. The van der Waals surface area contributed by atoms with Crippen molar-refractivity contribution >= 4 is 24.7 Å². The molecular formula is C9H10N2O2S. The highest BCUT2D eigenvalue weighted by atomic mass is 32.1. The molecule has 0 amide bonds. The Morgan fingerprint density at radius 1 is 1.57 bits per heavy atom. The van der Waals surface area contributed by atoms with Gasteiger partial charge in [-0.1, -0.05) is 12.2 Å². The van der Waals surface area contributed by atoms with Gasteiger partial charge in [-0.25, -0.2) is 14.8 Å². The SMILES string of the molecule is COC(=O)c1ncc(C=CCS)cn1. The summed E-state index contributed by atoms with van der Waals surface area (Å²) in [5, 5.41) is 0. The minimum Gasteiger partial charge on any atom is -0.463 e. The number of ether oxygens (including phenoxy) is 1. The molecule has 0 atom stereocenters. The normalized spacial score (nSPS) is 10.4. The van der Waals surface area contributed by atoms with E-state index in [1.165, 1.54) is 7.11 Å². The van der Waals surface area contributed by atoms with Crippen LogP contribution in [0.25, 0.3) is 6.08 Å². The Morgan fingerprint density at radius 3 is 2.71 bits per heavy atom. The number of rotatable bonds is 3. The molecule has 0 fully saturated rings. The van der Waals surface area contributed by atoms with Crippen LogP contribution in [0.1, 0.15) is 16.2 Å². The van der Waals surface area contributed by atoms with E-state index in [9.17, 15) is 4.79 Å². The second-order valence-electron chi connectivity index (χ2n) is 2.42. The minimum atomic E-state index is -0.533. The van der Waals surface area contributed by atoms with Crippen molar-refractivity contribution in [2.45, 2.75) is 0 Å². The van der Waals surface area contributed by atoms with Gasteiger partial charge < -0.3 is 4.74 Å². The van der Waals surface area contributed by atoms with Crippen LogP contribution in [0, 0.1) is 0 Å². The molecule has 0 bridgehead atoms. The minimum absolute atomic E-state index is 0.0653. The Kier molecular flexibility index (Phi) is 4.12. The largest absolute Gasteiger partial charge is 0.463 e. The second kappa shape index (κ2) is 5.39. The van der Waals surface area contributed by atoms with Gasteiger partial charge in [0, 0.05) is 23.7 Å². The Labute approximate surface area is 87.4 Å². The Morgan fingerprint density at radius 2 is 2.21 bits per heavy atom. The fourth-order valence-electron chi connectivity index (χ4n) is 0.810. The first-order valence-corrected chi connectivity index (χ1v) is 4.59. The van der Waals surface area contributed by atoms with Crippen LogP contribution >= 0.6 is 12.6 Å². The molecule has 0 unspecified atom stereocenters. The summed E-state index contributed by atoms with van der Waals surface area (Å²) >= 11 is 4.02. The summed E-state index contributed by atoms with van der Waals surface area (Å²) in [6, 6.07) is 0. The quantitative estimate of drug-likeness (QED) is 0.601. The molecule has 0 spiro atoms. The predicted octanol–water partition coefficient (Wildman–Crippen LogP) is 1.21. The fraction of sp³-hybridized carbons (Fsp3) is 0.222. The third kappa shape index (κ3) is 2.85. The van der Waals surface area contributed by atoms with Crippen molar-refractivity contribution in [2.24, 2.45) is 0 Å². The number of hydrogen-bond donors (Lipinski definition) is 1. The molecule has 0 aliphatic rings. The van der Waals surface area contributed by atoms with E-state index in [1.54, 1.807) is 12.4 Å². The topological polar surface area (TPSA) is 52.1 Å². The molecule has 0 aromatic carbocycles. The highest BCUT2D eigenvalue weighted by molar-refractivity contribution is 7.80. The summed E-state index contributed by atoms with van der Waals surface area (Å²) in [5.74, 6) is 0.184. The molecule has 5 heteroatoms. The van der Waals surface area contributed by atoms with Crippen molar-refractivity contribution in [3.8, 4) is 0 Å². The van der Waals surface area contributed by atoms with E-state index in [-0.39, 0.29) is 5.82 Å². The van der Waals surface area contributed by atoms with Gasteiger partial charge >= 0.3 is 5.97 Å². The molecule has 1 rings (SSSR count). The molecular weight excluding hydrogens is 200 g/mol. The summed E-state index contributed by atoms with van der Waals surface area (Å²) in [5.41, 5.74) is 0.826. The average Bonchev–Trinajstić information content (AvgIpc) is 2.26. The van der Waals surface area contributed by atoms with E-state index in [4.69, 9.17) is 0 Å². The third-order valence-corrected chi connectivity index (χ3v) is 1.67. The maximum Gasteiger partial charge on any atom is 0.376 e. The first-order chi connectivity index (χ1) is 6.77. The lowest BCUT2D eigenvalue weighted by Crippen LogP contribution is -2.06. The predicted molar refractivity (Wildman–Crippen MR) is 56.3 cm³/mol. The lowest BCUT2D eigenvalue weighted by atomic mass is 10.3. The second-order valence-corrected chi connectivity index (χ2v) is 2.78. The van der Waals surface area contributed by atoms with Crippen molar-refractivity contribution in [1.82, 2.24) is 9.97 Å². The van der Waals surface area contributed by atoms with E-state index in [2.05, 4.69) is 27.3 Å². The molecule has 1 heterocycles. The van der Waals surface area contributed by atoms with Crippen LogP contribution in [0.3, 0.4) is 0 Å². The molecule has 74 valence electrons. The van der Waals surface area contributed by atoms with Crippen molar-refractivity contribution < 1.29 is 9.53 Å². The number of carbonyl (C=O) groups is 1. The molecule has 1 aromatic rings. The van der Waals surface area contributed by atoms with Gasteiger partial charge in [0.15, 0.2) is 0 Å². The van der Waals surface area contributed by atoms with Crippen molar-refractivity contribution in [1.29, 1.82) is 0 Å². The van der Waals surface area contributed by atoms with Gasteiger partial charge in [-0.2, -0.15) is 12.6 Å². The standard InChI is InChI=1S/C9H10N2O2S/c1-13-9(12)8-10-5-7(6-11-8)3-2-4-14/h2-3,5-6,14H,4H2,1H3. The van der Waals surface area contributed by atoms with E-state index in [0.717, 1.165) is 5.56 Å². The van der Waals surface area contributed by atoms with Crippen molar-refractivity contribution in [2.75, 3.05) is 12.9 Å². The van der Waals surface area contributed by atoms with Crippen LogP contribution in [0.4, 0.5) is 0 Å². The zero-order valence-corrected chi connectivity index (χ0v) is 8.57. The van der Waals surface area contributed by atoms with Gasteiger partial charge in [0.25, 0.3) is 0 Å². The summed E-state index contributed by atoms with van der Waals surface area (Å²) in [6.45, 7) is 0. The molecule has 14 heavy (non-hydrogen) atoms. The number of nitrogens with zero attached hydrogens (tertiary/aromatic N) is 2. The van der Waals surface area contributed by atoms with Crippen LogP contribution in [-0.2, 0) is 4.74 Å². The molecule has 0 radical (unpaired) electrons. The zero-order valence-electron chi connectivity index (χ0n) is 7.67. The molecule has 4 nitrogen and oxygen atoms in total. The maximum atomic E-state index is 11.0. The van der Waals surface area contributed by atoms with E-state index in [1.807, 2.05) is 12.2 Å². The van der Waals surface area contributed by atoms with Gasteiger partial charge in [0.1, 0.15) is 0 Å². The van der Waals surface area contributed by atoms with Gasteiger partial charge in [0.05, 0.1) is 7.11 Å². The summed E-state index contributed by atoms with van der Waals surface area (Å²) in [4.78, 5) is 18.6. The monoisotopic (exact) mass is 210 g/mol. The highest BCUT2D eigenvalue weighted by Crippen LogP contribution is 2.00. The lowest BCUT2D eigenvalue weighted by molar-refractivity contribution is 0.0586. The molecule has 0 aliphatic heterocycles. The van der Waals surface area contributed by atoms with Gasteiger partial charge in [-0.15, -0.1) is 0 Å². The third-order valence-electron chi connectivity index (χ3n) is 1.46. The molecule has 0 saturated heterocycles. The van der Waals surface area contributed by atoms with Crippen LogP contribution in [0.5, 0.6) is 0 Å². The summed E-state index contributed by atoms with van der Waals surface area (Å²) in [7, 11) is 1.29. The molecule has 0 aliphatic carbocycles. The summed E-state index contributed by atoms with van der Waals surface area (Å²) in [6.07, 6.45) is 6.80. The smallest absolute Gasteiger partial charge is 0.376 e. The number of esters is 1. The summed E-state index contributed by atoms with van der Waals surface area (Å²) < 4.78 is 4.46. The molecule has 0 N–H and O–H groups in total. The number of methoxy groups -OCH3 is 1. The maximum absolute atomic E-state index is 11.0. The van der Waals surface area contributed by atoms with E-state index < -0.39 is 5.97 Å². The first-order valence-electron chi connectivity index (χ1n) is 3.95.